The second-order valence-corrected chi connectivity index (χ2v) is 6.55. The number of amides is 1. The van der Waals surface area contributed by atoms with Gasteiger partial charge in [0.25, 0.3) is 0 Å². The predicted molar refractivity (Wildman–Crippen MR) is 116 cm³/mol. The van der Waals surface area contributed by atoms with Gasteiger partial charge in [-0.1, -0.05) is 36.4 Å². The van der Waals surface area contributed by atoms with E-state index in [2.05, 4.69) is 16.7 Å². The molecule has 0 unspecified atom stereocenters. The van der Waals surface area contributed by atoms with Crippen LogP contribution in [0.15, 0.2) is 78.9 Å². The molecule has 0 aliphatic rings. The molecule has 0 aliphatic carbocycles. The van der Waals surface area contributed by atoms with E-state index in [0.29, 0.717) is 13.0 Å². The molecular formula is C24H26N2O3. The molecule has 0 heterocycles. The summed E-state index contributed by atoms with van der Waals surface area (Å²) in [5.74, 6) is 2.38. The highest BCUT2D eigenvalue weighted by Crippen LogP contribution is 2.22. The molecule has 2 N–H and O–H groups in total. The predicted octanol–water partition coefficient (Wildman–Crippen LogP) is 4.65. The largest absolute Gasteiger partial charge is 0.496 e. The molecule has 0 atom stereocenters. The van der Waals surface area contributed by atoms with Crippen molar-refractivity contribution in [2.45, 2.75) is 12.8 Å². The van der Waals surface area contributed by atoms with Crippen LogP contribution in [-0.2, 0) is 11.2 Å². The van der Waals surface area contributed by atoms with Crippen LogP contribution in [-0.4, -0.2) is 26.1 Å². The quantitative estimate of drug-likeness (QED) is 0.495. The zero-order valence-corrected chi connectivity index (χ0v) is 16.6. The van der Waals surface area contributed by atoms with Crippen molar-refractivity contribution in [2.75, 3.05) is 25.5 Å². The molecule has 150 valence electrons. The van der Waals surface area contributed by atoms with E-state index in [1.807, 2.05) is 72.8 Å². The van der Waals surface area contributed by atoms with Gasteiger partial charge in [0.2, 0.25) is 5.91 Å². The summed E-state index contributed by atoms with van der Waals surface area (Å²) < 4.78 is 11.1. The van der Waals surface area contributed by atoms with Gasteiger partial charge in [0.1, 0.15) is 17.2 Å². The van der Waals surface area contributed by atoms with E-state index in [4.69, 9.17) is 9.47 Å². The van der Waals surface area contributed by atoms with Crippen molar-refractivity contribution in [1.29, 1.82) is 0 Å². The topological polar surface area (TPSA) is 59.6 Å². The average molecular weight is 390 g/mol. The monoisotopic (exact) mass is 390 g/mol. The van der Waals surface area contributed by atoms with Crippen molar-refractivity contribution in [1.82, 2.24) is 5.32 Å². The third kappa shape index (κ3) is 6.66. The number of anilines is 1. The van der Waals surface area contributed by atoms with Gasteiger partial charge in [0.05, 0.1) is 7.11 Å². The molecule has 3 aromatic rings. The Morgan fingerprint density at radius 1 is 0.828 bits per heavy atom. The minimum absolute atomic E-state index is 0.0217. The van der Waals surface area contributed by atoms with Gasteiger partial charge < -0.3 is 20.1 Å². The Morgan fingerprint density at radius 2 is 1.52 bits per heavy atom. The maximum atomic E-state index is 12.1. The summed E-state index contributed by atoms with van der Waals surface area (Å²) in [7, 11) is 1.68. The maximum absolute atomic E-state index is 12.1. The highest BCUT2D eigenvalue weighted by atomic mass is 16.5. The summed E-state index contributed by atoms with van der Waals surface area (Å²) in [5.41, 5.74) is 1.91. The van der Waals surface area contributed by atoms with Gasteiger partial charge in [0.15, 0.2) is 0 Å². The van der Waals surface area contributed by atoms with E-state index < -0.39 is 0 Å². The molecule has 0 radical (unpaired) electrons. The lowest BCUT2D eigenvalue weighted by atomic mass is 10.1. The molecule has 29 heavy (non-hydrogen) atoms. The fourth-order valence-electron chi connectivity index (χ4n) is 2.91. The van der Waals surface area contributed by atoms with Gasteiger partial charge in [-0.25, -0.2) is 0 Å². The van der Waals surface area contributed by atoms with Crippen LogP contribution in [0.25, 0.3) is 0 Å². The van der Waals surface area contributed by atoms with Gasteiger partial charge >= 0.3 is 0 Å². The summed E-state index contributed by atoms with van der Waals surface area (Å²) in [5, 5.41) is 6.21. The highest BCUT2D eigenvalue weighted by Gasteiger charge is 2.04. The Kier molecular flexibility index (Phi) is 7.66. The van der Waals surface area contributed by atoms with Crippen molar-refractivity contribution in [3.63, 3.8) is 0 Å². The zero-order valence-electron chi connectivity index (χ0n) is 16.6. The average Bonchev–Trinajstić information content (AvgIpc) is 2.76. The summed E-state index contributed by atoms with van der Waals surface area (Å²) in [6.07, 6.45) is 1.27. The molecular weight excluding hydrogens is 364 g/mol. The van der Waals surface area contributed by atoms with E-state index in [1.165, 1.54) is 0 Å². The molecule has 0 fully saturated rings. The number of nitrogens with one attached hydrogen (secondary N) is 2. The van der Waals surface area contributed by atoms with Crippen LogP contribution in [0.1, 0.15) is 12.0 Å². The van der Waals surface area contributed by atoms with Gasteiger partial charge in [-0.15, -0.1) is 0 Å². The highest BCUT2D eigenvalue weighted by molar-refractivity contribution is 5.90. The third-order valence-corrected chi connectivity index (χ3v) is 4.41. The minimum Gasteiger partial charge on any atom is -0.496 e. The third-order valence-electron chi connectivity index (χ3n) is 4.41. The van der Waals surface area contributed by atoms with Crippen molar-refractivity contribution >= 4 is 11.6 Å². The molecule has 0 aliphatic heterocycles. The molecule has 5 heteroatoms. The van der Waals surface area contributed by atoms with Gasteiger partial charge in [-0.3, -0.25) is 4.79 Å². The van der Waals surface area contributed by atoms with E-state index in [-0.39, 0.29) is 5.91 Å². The first-order valence-corrected chi connectivity index (χ1v) is 9.70. The molecule has 0 aromatic heterocycles. The Balaban J connectivity index is 1.36. The smallest absolute Gasteiger partial charge is 0.225 e. The van der Waals surface area contributed by atoms with Crippen molar-refractivity contribution in [3.05, 3.63) is 84.4 Å². The van der Waals surface area contributed by atoms with Crippen LogP contribution >= 0.6 is 0 Å². The lowest BCUT2D eigenvalue weighted by molar-refractivity contribution is -0.116. The number of hydrogen-bond donors (Lipinski definition) is 2. The fourth-order valence-corrected chi connectivity index (χ4v) is 2.91. The number of hydrogen-bond acceptors (Lipinski definition) is 4. The van der Waals surface area contributed by atoms with Gasteiger partial charge in [0, 0.05) is 18.7 Å². The van der Waals surface area contributed by atoms with Gasteiger partial charge in [-0.2, -0.15) is 0 Å². The zero-order chi connectivity index (χ0) is 20.3. The van der Waals surface area contributed by atoms with E-state index in [0.717, 1.165) is 41.5 Å². The molecule has 0 bridgehead atoms. The molecule has 1 amide bonds. The number of para-hydroxylation sites is 2. The molecule has 3 rings (SSSR count). The van der Waals surface area contributed by atoms with Crippen LogP contribution in [0, 0.1) is 0 Å². The summed E-state index contributed by atoms with van der Waals surface area (Å²) >= 11 is 0. The second kappa shape index (κ2) is 10.9. The van der Waals surface area contributed by atoms with Crippen molar-refractivity contribution in [3.8, 4) is 17.2 Å². The first-order chi connectivity index (χ1) is 14.2. The van der Waals surface area contributed by atoms with Crippen molar-refractivity contribution in [2.24, 2.45) is 0 Å². The second-order valence-electron chi connectivity index (χ2n) is 6.55. The summed E-state index contributed by atoms with van der Waals surface area (Å²) in [6, 6.07) is 24.9. The number of ether oxygens (including phenoxy) is 2. The fraction of sp³-hybridized carbons (Fsp3) is 0.208. The van der Waals surface area contributed by atoms with Crippen LogP contribution in [0.3, 0.4) is 0 Å². The maximum Gasteiger partial charge on any atom is 0.225 e. The van der Waals surface area contributed by atoms with Crippen LogP contribution < -0.4 is 20.1 Å². The lowest BCUT2D eigenvalue weighted by Gasteiger charge is -2.10. The van der Waals surface area contributed by atoms with E-state index in [9.17, 15) is 4.79 Å². The van der Waals surface area contributed by atoms with Crippen LogP contribution in [0.5, 0.6) is 17.2 Å². The lowest BCUT2D eigenvalue weighted by Crippen LogP contribution is -2.23. The number of methoxy groups -OCH3 is 1. The Bertz CT molecular complexity index is 896. The first kappa shape index (κ1) is 20.4. The SMILES string of the molecule is COc1ccccc1CCNCCC(=O)Nc1ccc(Oc2ccccc2)cc1. The minimum atomic E-state index is -0.0217. The normalized spacial score (nSPS) is 10.4. The Labute approximate surface area is 171 Å². The van der Waals surface area contributed by atoms with Crippen LogP contribution in [0.2, 0.25) is 0 Å². The number of rotatable bonds is 10. The summed E-state index contributed by atoms with van der Waals surface area (Å²) in [4.78, 5) is 12.1. The number of carbonyl (C=O) groups is 1. The van der Waals surface area contributed by atoms with Crippen molar-refractivity contribution < 1.29 is 14.3 Å². The van der Waals surface area contributed by atoms with E-state index in [1.54, 1.807) is 7.11 Å². The first-order valence-electron chi connectivity index (χ1n) is 9.70. The molecule has 3 aromatic carbocycles. The standard InChI is InChI=1S/C24H26N2O3/c1-28-23-10-6-5-7-19(23)15-17-25-18-16-24(27)26-20-11-13-22(14-12-20)29-21-8-3-2-4-9-21/h2-14,25H,15-18H2,1H3,(H,26,27). The van der Waals surface area contributed by atoms with Gasteiger partial charge in [-0.05, 0) is 61.0 Å². The number of carbonyl (C=O) groups excluding carboxylic acids is 1. The Morgan fingerprint density at radius 3 is 2.28 bits per heavy atom. The number of benzene rings is 3. The summed E-state index contributed by atoms with van der Waals surface area (Å²) in [6.45, 7) is 1.41. The molecule has 0 saturated heterocycles. The molecule has 0 saturated carbocycles. The Hall–Kier alpha value is -3.31. The van der Waals surface area contributed by atoms with Crippen LogP contribution in [0.4, 0.5) is 5.69 Å². The van der Waals surface area contributed by atoms with E-state index >= 15 is 0 Å². The molecule has 0 spiro atoms. The molecule has 5 nitrogen and oxygen atoms in total.